The lowest BCUT2D eigenvalue weighted by atomic mass is 10.2. The van der Waals surface area contributed by atoms with E-state index in [1.165, 1.54) is 0 Å². The highest BCUT2D eigenvalue weighted by atomic mass is 16.6. The van der Waals surface area contributed by atoms with Crippen LogP contribution in [-0.4, -0.2) is 80.2 Å². The number of nitrogens with zero attached hydrogens (tertiary/aromatic N) is 3. The molecule has 0 unspecified atom stereocenters. The van der Waals surface area contributed by atoms with Gasteiger partial charge >= 0.3 is 6.09 Å². The maximum Gasteiger partial charge on any atom is 0.409 e. The summed E-state index contributed by atoms with van der Waals surface area (Å²) in [5, 5.41) is 6.14. The van der Waals surface area contributed by atoms with Crippen molar-refractivity contribution in [2.45, 2.75) is 13.8 Å². The van der Waals surface area contributed by atoms with Gasteiger partial charge in [-0.25, -0.2) is 4.79 Å². The number of hydrogen-bond donors (Lipinski definition) is 2. The molecule has 0 aromatic heterocycles. The van der Waals surface area contributed by atoms with Crippen molar-refractivity contribution in [3.63, 3.8) is 0 Å². The van der Waals surface area contributed by atoms with E-state index >= 15 is 0 Å². The van der Waals surface area contributed by atoms with Crippen LogP contribution in [0.15, 0.2) is 35.3 Å². The van der Waals surface area contributed by atoms with Gasteiger partial charge in [-0.05, 0) is 26.0 Å². The molecule has 2 N–H and O–H groups in total. The first-order chi connectivity index (χ1) is 13.2. The van der Waals surface area contributed by atoms with Gasteiger partial charge in [-0.2, -0.15) is 0 Å². The smallest absolute Gasteiger partial charge is 0.409 e. The number of piperazine rings is 1. The van der Waals surface area contributed by atoms with Gasteiger partial charge in [-0.3, -0.25) is 9.79 Å². The molecule has 0 bridgehead atoms. The standard InChI is InChI=1S/C19H29N5O3/c1-3-20-18(23-12-14-24(15-13-23)19(26)27-4-2)22-11-10-21-17(25)16-8-6-5-7-9-16/h5-9H,3-4,10-15H2,1-2H3,(H,20,22)(H,21,25). The van der Waals surface area contributed by atoms with E-state index in [4.69, 9.17) is 4.74 Å². The summed E-state index contributed by atoms with van der Waals surface area (Å²) < 4.78 is 5.05. The fraction of sp³-hybridized carbons (Fsp3) is 0.526. The molecule has 2 amide bonds. The van der Waals surface area contributed by atoms with E-state index in [2.05, 4.69) is 20.5 Å². The molecule has 1 aromatic carbocycles. The second-order valence-corrected chi connectivity index (χ2v) is 6.03. The topological polar surface area (TPSA) is 86.3 Å². The number of ether oxygens (including phenoxy) is 1. The lowest BCUT2D eigenvalue weighted by Crippen LogP contribution is -2.54. The fourth-order valence-corrected chi connectivity index (χ4v) is 2.76. The average Bonchev–Trinajstić information content (AvgIpc) is 2.71. The summed E-state index contributed by atoms with van der Waals surface area (Å²) in [5.74, 6) is 0.703. The molecule has 1 saturated heterocycles. The van der Waals surface area contributed by atoms with E-state index in [1.54, 1.807) is 24.0 Å². The normalized spacial score (nSPS) is 14.7. The van der Waals surface area contributed by atoms with Crippen LogP contribution in [0.25, 0.3) is 0 Å². The summed E-state index contributed by atoms with van der Waals surface area (Å²) in [5.41, 5.74) is 0.642. The third-order valence-corrected chi connectivity index (χ3v) is 4.14. The molecule has 1 aromatic rings. The van der Waals surface area contributed by atoms with Crippen LogP contribution in [0.3, 0.4) is 0 Å². The average molecular weight is 375 g/mol. The number of aliphatic imine (C=N–C) groups is 1. The van der Waals surface area contributed by atoms with Crippen molar-refractivity contribution in [2.24, 2.45) is 4.99 Å². The molecular weight excluding hydrogens is 346 g/mol. The van der Waals surface area contributed by atoms with Gasteiger partial charge in [0.1, 0.15) is 0 Å². The Morgan fingerprint density at radius 3 is 2.33 bits per heavy atom. The van der Waals surface area contributed by atoms with E-state index in [0.29, 0.717) is 51.4 Å². The van der Waals surface area contributed by atoms with Crippen molar-refractivity contribution in [3.05, 3.63) is 35.9 Å². The minimum absolute atomic E-state index is 0.0983. The summed E-state index contributed by atoms with van der Waals surface area (Å²) in [4.78, 5) is 32.3. The Morgan fingerprint density at radius 1 is 1.04 bits per heavy atom. The first-order valence-corrected chi connectivity index (χ1v) is 9.44. The van der Waals surface area contributed by atoms with Gasteiger partial charge in [0.15, 0.2) is 5.96 Å². The number of benzene rings is 1. The van der Waals surface area contributed by atoms with Crippen LogP contribution in [0.1, 0.15) is 24.2 Å². The zero-order valence-corrected chi connectivity index (χ0v) is 16.1. The predicted molar refractivity (Wildman–Crippen MR) is 105 cm³/mol. The van der Waals surface area contributed by atoms with Crippen molar-refractivity contribution in [1.29, 1.82) is 0 Å². The number of amides is 2. The van der Waals surface area contributed by atoms with Crippen molar-refractivity contribution in [2.75, 3.05) is 52.4 Å². The molecular formula is C19H29N5O3. The number of hydrogen-bond acceptors (Lipinski definition) is 4. The molecule has 1 aliphatic rings. The molecule has 2 rings (SSSR count). The second-order valence-electron chi connectivity index (χ2n) is 6.03. The quantitative estimate of drug-likeness (QED) is 0.443. The Morgan fingerprint density at radius 2 is 1.70 bits per heavy atom. The van der Waals surface area contributed by atoms with Gasteiger partial charge in [0.05, 0.1) is 13.2 Å². The van der Waals surface area contributed by atoms with Crippen LogP contribution in [-0.2, 0) is 4.74 Å². The van der Waals surface area contributed by atoms with Crippen LogP contribution in [0.4, 0.5) is 4.79 Å². The SMILES string of the molecule is CCNC(=NCCNC(=O)c1ccccc1)N1CCN(C(=O)OCC)CC1. The maximum atomic E-state index is 12.0. The zero-order chi connectivity index (χ0) is 19.5. The predicted octanol–water partition coefficient (Wildman–Crippen LogP) is 1.16. The molecule has 0 aliphatic carbocycles. The third-order valence-electron chi connectivity index (χ3n) is 4.14. The van der Waals surface area contributed by atoms with Crippen LogP contribution in [0, 0.1) is 0 Å². The van der Waals surface area contributed by atoms with E-state index in [1.807, 2.05) is 25.1 Å². The summed E-state index contributed by atoms with van der Waals surface area (Å²) >= 11 is 0. The number of carbonyl (C=O) groups is 2. The Bertz CT molecular complexity index is 627. The molecule has 1 aliphatic heterocycles. The van der Waals surface area contributed by atoms with Crippen LogP contribution < -0.4 is 10.6 Å². The summed E-state index contributed by atoms with van der Waals surface area (Å²) in [6.45, 7) is 8.52. The van der Waals surface area contributed by atoms with Crippen molar-refractivity contribution in [3.8, 4) is 0 Å². The van der Waals surface area contributed by atoms with Gasteiger partial charge < -0.3 is 25.2 Å². The molecule has 0 spiro atoms. The van der Waals surface area contributed by atoms with Crippen molar-refractivity contribution < 1.29 is 14.3 Å². The maximum absolute atomic E-state index is 12.0. The molecule has 1 heterocycles. The zero-order valence-electron chi connectivity index (χ0n) is 16.1. The lowest BCUT2D eigenvalue weighted by molar-refractivity contribution is 0.0914. The minimum atomic E-state index is -0.261. The van der Waals surface area contributed by atoms with E-state index in [-0.39, 0.29) is 12.0 Å². The molecule has 27 heavy (non-hydrogen) atoms. The summed E-state index contributed by atoms with van der Waals surface area (Å²) in [6, 6.07) is 9.13. The number of rotatable bonds is 6. The van der Waals surface area contributed by atoms with Crippen LogP contribution in [0.2, 0.25) is 0 Å². The Balaban J connectivity index is 1.80. The molecule has 0 saturated carbocycles. The number of guanidine groups is 1. The second kappa shape index (κ2) is 11.1. The van der Waals surface area contributed by atoms with Crippen LogP contribution in [0.5, 0.6) is 0 Å². The lowest BCUT2D eigenvalue weighted by Gasteiger charge is -2.35. The van der Waals surface area contributed by atoms with E-state index in [0.717, 1.165) is 12.5 Å². The van der Waals surface area contributed by atoms with Gasteiger partial charge in [-0.1, -0.05) is 18.2 Å². The van der Waals surface area contributed by atoms with Gasteiger partial charge in [0, 0.05) is 44.8 Å². The highest BCUT2D eigenvalue weighted by Gasteiger charge is 2.23. The van der Waals surface area contributed by atoms with Crippen molar-refractivity contribution in [1.82, 2.24) is 20.4 Å². The monoisotopic (exact) mass is 375 g/mol. The number of carbonyl (C=O) groups excluding carboxylic acids is 2. The Kier molecular flexibility index (Phi) is 8.41. The summed E-state index contributed by atoms with van der Waals surface area (Å²) in [7, 11) is 0. The number of nitrogens with one attached hydrogen (secondary N) is 2. The molecule has 8 heteroatoms. The van der Waals surface area contributed by atoms with Crippen molar-refractivity contribution >= 4 is 18.0 Å². The molecule has 8 nitrogen and oxygen atoms in total. The largest absolute Gasteiger partial charge is 0.450 e. The molecule has 0 radical (unpaired) electrons. The van der Waals surface area contributed by atoms with Gasteiger partial charge in [-0.15, -0.1) is 0 Å². The first kappa shape index (κ1) is 20.5. The van der Waals surface area contributed by atoms with Crippen LogP contribution >= 0.6 is 0 Å². The molecule has 1 fully saturated rings. The highest BCUT2D eigenvalue weighted by Crippen LogP contribution is 2.04. The first-order valence-electron chi connectivity index (χ1n) is 9.44. The van der Waals surface area contributed by atoms with Gasteiger partial charge in [0.2, 0.25) is 0 Å². The Labute approximate surface area is 160 Å². The third kappa shape index (κ3) is 6.47. The molecule has 0 atom stereocenters. The van der Waals surface area contributed by atoms with Gasteiger partial charge in [0.25, 0.3) is 5.91 Å². The summed E-state index contributed by atoms with van der Waals surface area (Å²) in [6.07, 6.45) is -0.261. The van der Waals surface area contributed by atoms with E-state index < -0.39 is 0 Å². The van der Waals surface area contributed by atoms with E-state index in [9.17, 15) is 9.59 Å². The Hall–Kier alpha value is -2.77. The molecule has 148 valence electrons. The highest BCUT2D eigenvalue weighted by molar-refractivity contribution is 5.94. The fourth-order valence-electron chi connectivity index (χ4n) is 2.76. The minimum Gasteiger partial charge on any atom is -0.450 e.